The van der Waals surface area contributed by atoms with E-state index < -0.39 is 0 Å². The highest BCUT2D eigenvalue weighted by Crippen LogP contribution is 2.36. The average Bonchev–Trinajstić information content (AvgIpc) is 3.16. The zero-order chi connectivity index (χ0) is 13.2. The Morgan fingerprint density at radius 2 is 2.11 bits per heavy atom. The van der Waals surface area contributed by atoms with Gasteiger partial charge in [-0.1, -0.05) is 39.8 Å². The highest BCUT2D eigenvalue weighted by atomic mass is 79.9. The minimum absolute atomic E-state index is 0.0860. The number of hydrogen-bond acceptors (Lipinski definition) is 5. The van der Waals surface area contributed by atoms with Crippen LogP contribution in [0.25, 0.3) is 0 Å². The van der Waals surface area contributed by atoms with Crippen molar-refractivity contribution in [3.63, 3.8) is 0 Å². The molecule has 7 heteroatoms. The van der Waals surface area contributed by atoms with Gasteiger partial charge in [-0.15, -0.1) is 5.10 Å². The van der Waals surface area contributed by atoms with E-state index in [2.05, 4.69) is 31.5 Å². The summed E-state index contributed by atoms with van der Waals surface area (Å²) >= 11 is 4.75. The number of ketones is 1. The van der Waals surface area contributed by atoms with Crippen LogP contribution in [0.4, 0.5) is 0 Å². The van der Waals surface area contributed by atoms with E-state index >= 15 is 0 Å². The molecule has 98 valence electrons. The van der Waals surface area contributed by atoms with E-state index in [4.69, 9.17) is 0 Å². The summed E-state index contributed by atoms with van der Waals surface area (Å²) in [6, 6.07) is 7.80. The Balaban J connectivity index is 1.63. The van der Waals surface area contributed by atoms with Crippen molar-refractivity contribution in [2.75, 3.05) is 5.75 Å². The first-order valence-electron chi connectivity index (χ1n) is 5.93. The van der Waals surface area contributed by atoms with E-state index in [1.165, 1.54) is 11.8 Å². The Kier molecular flexibility index (Phi) is 3.65. The molecule has 1 heterocycles. The lowest BCUT2D eigenvalue weighted by Crippen LogP contribution is -2.05. The molecule has 0 radical (unpaired) electrons. The molecule has 1 aromatic heterocycles. The second kappa shape index (κ2) is 5.42. The minimum atomic E-state index is 0.0860. The molecule has 1 aromatic carbocycles. The Hall–Kier alpha value is -1.21. The van der Waals surface area contributed by atoms with Gasteiger partial charge in [0.25, 0.3) is 0 Å². The Morgan fingerprint density at radius 3 is 2.79 bits per heavy atom. The predicted molar refractivity (Wildman–Crippen MR) is 75.3 cm³/mol. The second-order valence-electron chi connectivity index (χ2n) is 4.36. The van der Waals surface area contributed by atoms with Gasteiger partial charge in [-0.2, -0.15) is 0 Å². The molecular weight excluding hydrogens is 328 g/mol. The summed E-state index contributed by atoms with van der Waals surface area (Å²) in [7, 11) is 0. The average molecular weight is 339 g/mol. The number of aromatic nitrogens is 4. The van der Waals surface area contributed by atoms with Gasteiger partial charge in [-0.25, -0.2) is 4.68 Å². The minimum Gasteiger partial charge on any atom is -0.293 e. The first-order valence-corrected chi connectivity index (χ1v) is 7.71. The molecule has 0 bridgehead atoms. The van der Waals surface area contributed by atoms with Gasteiger partial charge >= 0.3 is 0 Å². The van der Waals surface area contributed by atoms with Crippen LogP contribution in [0.1, 0.15) is 29.2 Å². The maximum absolute atomic E-state index is 12.0. The predicted octanol–water partition coefficient (Wildman–Crippen LogP) is 2.75. The highest BCUT2D eigenvalue weighted by Gasteiger charge is 2.28. The summed E-state index contributed by atoms with van der Waals surface area (Å²) < 4.78 is 2.79. The lowest BCUT2D eigenvalue weighted by Gasteiger charge is -2.02. The normalized spacial score (nSPS) is 14.6. The van der Waals surface area contributed by atoms with Crippen molar-refractivity contribution in [2.45, 2.75) is 24.0 Å². The maximum atomic E-state index is 12.0. The molecular formula is C12H11BrN4OS. The van der Waals surface area contributed by atoms with Crippen molar-refractivity contribution >= 4 is 33.5 Å². The van der Waals surface area contributed by atoms with E-state index in [9.17, 15) is 4.79 Å². The van der Waals surface area contributed by atoms with Gasteiger partial charge in [0.2, 0.25) is 5.16 Å². The van der Waals surface area contributed by atoms with Crippen LogP contribution in [0.2, 0.25) is 0 Å². The van der Waals surface area contributed by atoms with Gasteiger partial charge in [0.05, 0.1) is 11.8 Å². The van der Waals surface area contributed by atoms with Crippen molar-refractivity contribution in [3.05, 3.63) is 34.3 Å². The van der Waals surface area contributed by atoms with E-state index in [0.29, 0.717) is 17.4 Å². The third-order valence-corrected chi connectivity index (χ3v) is 4.32. The molecule has 1 aliphatic carbocycles. The summed E-state index contributed by atoms with van der Waals surface area (Å²) in [6.45, 7) is 0. The summed E-state index contributed by atoms with van der Waals surface area (Å²) in [5.41, 5.74) is 0.709. The third-order valence-electron chi connectivity index (χ3n) is 2.85. The van der Waals surface area contributed by atoms with Gasteiger partial charge in [-0.3, -0.25) is 4.79 Å². The van der Waals surface area contributed by atoms with Crippen molar-refractivity contribution in [3.8, 4) is 0 Å². The number of Topliss-reactive ketones (excluding diaryl/α,β-unsaturated/α-hetero) is 1. The SMILES string of the molecule is O=C(CSc1nnnn1C1CC1)c1ccc(Br)cc1. The van der Waals surface area contributed by atoms with E-state index in [-0.39, 0.29) is 5.78 Å². The summed E-state index contributed by atoms with van der Waals surface area (Å²) in [4.78, 5) is 12.0. The van der Waals surface area contributed by atoms with Crippen molar-refractivity contribution in [1.82, 2.24) is 20.2 Å². The summed E-state index contributed by atoms with van der Waals surface area (Å²) in [5.74, 6) is 0.442. The summed E-state index contributed by atoms with van der Waals surface area (Å²) in [6.07, 6.45) is 2.25. The van der Waals surface area contributed by atoms with E-state index in [1.807, 2.05) is 28.9 Å². The second-order valence-corrected chi connectivity index (χ2v) is 6.21. The Bertz CT molecular complexity index is 594. The number of carbonyl (C=O) groups excluding carboxylic acids is 1. The number of halogens is 1. The lowest BCUT2D eigenvalue weighted by molar-refractivity contribution is 0.102. The molecule has 0 spiro atoms. The number of hydrogen-bond donors (Lipinski definition) is 0. The van der Waals surface area contributed by atoms with Crippen LogP contribution in [-0.2, 0) is 0 Å². The van der Waals surface area contributed by atoms with Gasteiger partial charge in [0, 0.05) is 10.0 Å². The zero-order valence-electron chi connectivity index (χ0n) is 9.99. The number of thioether (sulfide) groups is 1. The van der Waals surface area contributed by atoms with Crippen LogP contribution in [-0.4, -0.2) is 31.7 Å². The molecule has 0 unspecified atom stereocenters. The van der Waals surface area contributed by atoms with Gasteiger partial charge in [-0.05, 0) is 35.4 Å². The van der Waals surface area contributed by atoms with Crippen molar-refractivity contribution in [1.29, 1.82) is 0 Å². The first-order chi connectivity index (χ1) is 9.24. The molecule has 2 aromatic rings. The van der Waals surface area contributed by atoms with E-state index in [0.717, 1.165) is 22.5 Å². The standard InChI is InChI=1S/C12H11BrN4OS/c13-9-3-1-8(2-4-9)11(18)7-19-12-14-15-16-17(12)10-5-6-10/h1-4,10H,5-7H2. The molecule has 19 heavy (non-hydrogen) atoms. The lowest BCUT2D eigenvalue weighted by atomic mass is 10.2. The zero-order valence-corrected chi connectivity index (χ0v) is 12.4. The van der Waals surface area contributed by atoms with E-state index in [1.54, 1.807) is 0 Å². The fourth-order valence-corrected chi connectivity index (χ4v) is 2.78. The van der Waals surface area contributed by atoms with Crippen LogP contribution in [0.3, 0.4) is 0 Å². The van der Waals surface area contributed by atoms with Crippen molar-refractivity contribution in [2.24, 2.45) is 0 Å². The monoisotopic (exact) mass is 338 g/mol. The number of tetrazole rings is 1. The molecule has 0 saturated heterocycles. The highest BCUT2D eigenvalue weighted by molar-refractivity contribution is 9.10. The fraction of sp³-hybridized carbons (Fsp3) is 0.333. The van der Waals surface area contributed by atoms with Crippen LogP contribution in [0.15, 0.2) is 33.9 Å². The molecule has 0 N–H and O–H groups in total. The third kappa shape index (κ3) is 3.03. The quantitative estimate of drug-likeness (QED) is 0.619. The van der Waals surface area contributed by atoms with Crippen LogP contribution < -0.4 is 0 Å². The van der Waals surface area contributed by atoms with Crippen LogP contribution in [0, 0.1) is 0 Å². The molecule has 0 atom stereocenters. The van der Waals surface area contributed by atoms with Gasteiger partial charge < -0.3 is 0 Å². The van der Waals surface area contributed by atoms with Crippen LogP contribution in [0.5, 0.6) is 0 Å². The molecule has 1 fully saturated rings. The van der Waals surface area contributed by atoms with Gasteiger partial charge in [0.1, 0.15) is 0 Å². The first kappa shape index (κ1) is 12.8. The Morgan fingerprint density at radius 1 is 1.37 bits per heavy atom. The van der Waals surface area contributed by atoms with Gasteiger partial charge in [0.15, 0.2) is 5.78 Å². The maximum Gasteiger partial charge on any atom is 0.210 e. The smallest absolute Gasteiger partial charge is 0.210 e. The number of rotatable bonds is 5. The topological polar surface area (TPSA) is 60.7 Å². The molecule has 5 nitrogen and oxygen atoms in total. The number of carbonyl (C=O) groups is 1. The molecule has 1 aliphatic rings. The number of benzene rings is 1. The van der Waals surface area contributed by atoms with Crippen LogP contribution >= 0.6 is 27.7 Å². The fourth-order valence-electron chi connectivity index (χ4n) is 1.68. The molecule has 1 saturated carbocycles. The summed E-state index contributed by atoms with van der Waals surface area (Å²) in [5, 5.41) is 12.3. The molecule has 3 rings (SSSR count). The van der Waals surface area contributed by atoms with Crippen molar-refractivity contribution < 1.29 is 4.79 Å². The largest absolute Gasteiger partial charge is 0.293 e. The Labute approximate surface area is 122 Å². The molecule has 0 amide bonds. The molecule has 0 aliphatic heterocycles. The number of nitrogens with zero attached hydrogens (tertiary/aromatic N) is 4.